The third kappa shape index (κ3) is 5.66. The Balaban J connectivity index is 2.45. The Morgan fingerprint density at radius 2 is 1.38 bits per heavy atom. The minimum Gasteiger partial charge on any atom is -0.490 e. The van der Waals surface area contributed by atoms with Gasteiger partial charge in [0.2, 0.25) is 5.75 Å². The Bertz CT molecular complexity index is 822. The summed E-state index contributed by atoms with van der Waals surface area (Å²) in [5.41, 5.74) is 2.29. The Labute approximate surface area is 173 Å². The maximum Gasteiger partial charge on any atom is 0.343 e. The lowest BCUT2D eigenvalue weighted by Crippen LogP contribution is -2.17. The molecule has 0 aliphatic rings. The predicted octanol–water partition coefficient (Wildman–Crippen LogP) is 5.71. The molecule has 0 radical (unpaired) electrons. The molecule has 0 saturated carbocycles. The SMILES string of the molecule is CCOc1cc(C(=O)Oc2ccc(C)cc2C(C)(C)C)cc(OCC)c1OCC. The number of carbonyl (C=O) groups excluding carboxylic acids is 1. The Morgan fingerprint density at radius 3 is 1.86 bits per heavy atom. The minimum atomic E-state index is -0.468. The first-order valence-electron chi connectivity index (χ1n) is 10.1. The van der Waals surface area contributed by atoms with Gasteiger partial charge in [-0.3, -0.25) is 0 Å². The van der Waals surface area contributed by atoms with Gasteiger partial charge in [-0.15, -0.1) is 0 Å². The highest BCUT2D eigenvalue weighted by Crippen LogP contribution is 2.40. The number of aryl methyl sites for hydroxylation is 1. The zero-order valence-electron chi connectivity index (χ0n) is 18.5. The monoisotopic (exact) mass is 400 g/mol. The molecule has 0 aliphatic carbocycles. The molecule has 0 atom stereocenters. The maximum absolute atomic E-state index is 13.0. The second-order valence-electron chi connectivity index (χ2n) is 7.74. The number of esters is 1. The van der Waals surface area contributed by atoms with Gasteiger partial charge in [0.1, 0.15) is 5.75 Å². The van der Waals surface area contributed by atoms with E-state index in [2.05, 4.69) is 26.8 Å². The summed E-state index contributed by atoms with van der Waals surface area (Å²) in [6.07, 6.45) is 0. The van der Waals surface area contributed by atoms with Gasteiger partial charge in [0.05, 0.1) is 25.4 Å². The van der Waals surface area contributed by atoms with Crippen molar-refractivity contribution < 1.29 is 23.7 Å². The van der Waals surface area contributed by atoms with Crippen LogP contribution in [0.5, 0.6) is 23.0 Å². The van der Waals surface area contributed by atoms with Crippen molar-refractivity contribution in [3.8, 4) is 23.0 Å². The van der Waals surface area contributed by atoms with Crippen LogP contribution in [-0.4, -0.2) is 25.8 Å². The number of rotatable bonds is 8. The van der Waals surface area contributed by atoms with Crippen LogP contribution in [0.4, 0.5) is 0 Å². The van der Waals surface area contributed by atoms with Crippen molar-refractivity contribution in [2.45, 2.75) is 53.9 Å². The van der Waals surface area contributed by atoms with E-state index < -0.39 is 5.97 Å². The normalized spacial score (nSPS) is 11.1. The van der Waals surface area contributed by atoms with Crippen LogP contribution in [0.25, 0.3) is 0 Å². The standard InChI is InChI=1S/C24H32O5/c1-8-26-20-14-17(15-21(27-9-2)22(20)28-10-3)23(25)29-19-12-11-16(4)13-18(19)24(5,6)7/h11-15H,8-10H2,1-7H3. The van der Waals surface area contributed by atoms with Gasteiger partial charge in [-0.25, -0.2) is 4.79 Å². The van der Waals surface area contributed by atoms with Crippen molar-refractivity contribution in [3.05, 3.63) is 47.0 Å². The van der Waals surface area contributed by atoms with Crippen LogP contribution in [-0.2, 0) is 5.41 Å². The summed E-state index contributed by atoms with van der Waals surface area (Å²) in [4.78, 5) is 13.0. The van der Waals surface area contributed by atoms with Crippen LogP contribution in [0, 0.1) is 6.92 Å². The molecular formula is C24H32O5. The molecule has 0 fully saturated rings. The van der Waals surface area contributed by atoms with Gasteiger partial charge in [-0.2, -0.15) is 0 Å². The quantitative estimate of drug-likeness (QED) is 0.420. The molecule has 0 aromatic heterocycles. The van der Waals surface area contributed by atoms with E-state index >= 15 is 0 Å². The number of hydrogen-bond acceptors (Lipinski definition) is 5. The summed E-state index contributed by atoms with van der Waals surface area (Å²) in [5, 5.41) is 0. The minimum absolute atomic E-state index is 0.159. The average molecular weight is 401 g/mol. The van der Waals surface area contributed by atoms with Crippen LogP contribution in [0.3, 0.4) is 0 Å². The molecule has 2 aromatic carbocycles. The van der Waals surface area contributed by atoms with E-state index in [1.54, 1.807) is 12.1 Å². The topological polar surface area (TPSA) is 54.0 Å². The van der Waals surface area contributed by atoms with Crippen LogP contribution >= 0.6 is 0 Å². The first-order valence-corrected chi connectivity index (χ1v) is 10.1. The van der Waals surface area contributed by atoms with E-state index in [9.17, 15) is 4.79 Å². The van der Waals surface area contributed by atoms with Crippen LogP contribution in [0.15, 0.2) is 30.3 Å². The zero-order valence-corrected chi connectivity index (χ0v) is 18.5. The van der Waals surface area contributed by atoms with Crippen molar-refractivity contribution >= 4 is 5.97 Å². The van der Waals surface area contributed by atoms with Crippen molar-refractivity contribution in [3.63, 3.8) is 0 Å². The Kier molecular flexibility index (Phi) is 7.54. The average Bonchev–Trinajstić information content (AvgIpc) is 2.65. The molecule has 0 amide bonds. The van der Waals surface area contributed by atoms with Gasteiger partial charge in [-0.05, 0) is 51.3 Å². The summed E-state index contributed by atoms with van der Waals surface area (Å²) in [6, 6.07) is 9.12. The number of ether oxygens (including phenoxy) is 4. The first kappa shape index (κ1) is 22.6. The van der Waals surface area contributed by atoms with Gasteiger partial charge in [0.25, 0.3) is 0 Å². The summed E-state index contributed by atoms with van der Waals surface area (Å²) in [5.74, 6) is 1.51. The number of benzene rings is 2. The van der Waals surface area contributed by atoms with Crippen molar-refractivity contribution in [2.75, 3.05) is 19.8 Å². The highest BCUT2D eigenvalue weighted by molar-refractivity contribution is 5.93. The Morgan fingerprint density at radius 1 is 0.828 bits per heavy atom. The second-order valence-corrected chi connectivity index (χ2v) is 7.74. The third-order valence-corrected chi connectivity index (χ3v) is 4.29. The molecule has 2 rings (SSSR count). The lowest BCUT2D eigenvalue weighted by Gasteiger charge is -2.23. The van der Waals surface area contributed by atoms with Gasteiger partial charge in [0, 0.05) is 5.56 Å². The van der Waals surface area contributed by atoms with Crippen molar-refractivity contribution in [1.29, 1.82) is 0 Å². The van der Waals surface area contributed by atoms with Crippen LogP contribution in [0.1, 0.15) is 63.0 Å². The second kappa shape index (κ2) is 9.68. The summed E-state index contributed by atoms with van der Waals surface area (Å²) < 4.78 is 22.9. The van der Waals surface area contributed by atoms with Crippen LogP contribution in [0.2, 0.25) is 0 Å². The number of carbonyl (C=O) groups is 1. The van der Waals surface area contributed by atoms with E-state index in [-0.39, 0.29) is 5.41 Å². The largest absolute Gasteiger partial charge is 0.490 e. The van der Waals surface area contributed by atoms with Crippen molar-refractivity contribution in [2.24, 2.45) is 0 Å². The molecule has 5 heteroatoms. The molecule has 0 spiro atoms. The van der Waals surface area contributed by atoms with Crippen LogP contribution < -0.4 is 18.9 Å². The fourth-order valence-electron chi connectivity index (χ4n) is 2.98. The van der Waals surface area contributed by atoms with E-state index in [4.69, 9.17) is 18.9 Å². The molecular weight excluding hydrogens is 368 g/mol. The molecule has 0 aliphatic heterocycles. The van der Waals surface area contributed by atoms with Gasteiger partial charge in [-0.1, -0.05) is 38.5 Å². The molecule has 158 valence electrons. The smallest absolute Gasteiger partial charge is 0.343 e. The highest BCUT2D eigenvalue weighted by Gasteiger charge is 2.23. The van der Waals surface area contributed by atoms with Gasteiger partial charge >= 0.3 is 5.97 Å². The summed E-state index contributed by atoms with van der Waals surface area (Å²) in [7, 11) is 0. The lowest BCUT2D eigenvalue weighted by atomic mass is 9.85. The van der Waals surface area contributed by atoms with Gasteiger partial charge < -0.3 is 18.9 Å². The first-order chi connectivity index (χ1) is 13.7. The lowest BCUT2D eigenvalue weighted by molar-refractivity contribution is 0.0730. The van der Waals surface area contributed by atoms with Gasteiger partial charge in [0.15, 0.2) is 11.5 Å². The molecule has 5 nitrogen and oxygen atoms in total. The van der Waals surface area contributed by atoms with E-state index in [1.165, 1.54) is 0 Å². The zero-order chi connectivity index (χ0) is 21.6. The molecule has 0 unspecified atom stereocenters. The third-order valence-electron chi connectivity index (χ3n) is 4.29. The van der Waals surface area contributed by atoms with E-state index in [0.29, 0.717) is 48.4 Å². The summed E-state index contributed by atoms with van der Waals surface area (Å²) in [6.45, 7) is 15.3. The molecule has 29 heavy (non-hydrogen) atoms. The Hall–Kier alpha value is -2.69. The van der Waals surface area contributed by atoms with E-state index in [0.717, 1.165) is 11.1 Å². The number of hydrogen-bond donors (Lipinski definition) is 0. The molecule has 2 aromatic rings. The predicted molar refractivity (Wildman–Crippen MR) is 115 cm³/mol. The fourth-order valence-corrected chi connectivity index (χ4v) is 2.98. The molecule has 0 saturated heterocycles. The molecule has 0 N–H and O–H groups in total. The maximum atomic E-state index is 13.0. The van der Waals surface area contributed by atoms with E-state index in [1.807, 2.05) is 39.8 Å². The molecule has 0 bridgehead atoms. The molecule has 0 heterocycles. The summed E-state index contributed by atoms with van der Waals surface area (Å²) >= 11 is 0. The highest BCUT2D eigenvalue weighted by atomic mass is 16.5. The van der Waals surface area contributed by atoms with Crippen molar-refractivity contribution in [1.82, 2.24) is 0 Å². The fraction of sp³-hybridized carbons (Fsp3) is 0.458.